The van der Waals surface area contributed by atoms with Crippen LogP contribution in [0.3, 0.4) is 0 Å². The molecule has 2 aromatic carbocycles. The topological polar surface area (TPSA) is 121 Å². The summed E-state index contributed by atoms with van der Waals surface area (Å²) in [4.78, 5) is 28.3. The molecule has 3 N–H and O–H groups in total. The van der Waals surface area contributed by atoms with Crippen molar-refractivity contribution < 1.29 is 14.8 Å². The Morgan fingerprint density at radius 1 is 1.23 bits per heavy atom. The van der Waals surface area contributed by atoms with Crippen molar-refractivity contribution in [1.29, 1.82) is 0 Å². The molecule has 0 aliphatic rings. The highest BCUT2D eigenvalue weighted by molar-refractivity contribution is 5.92. The molecule has 0 bridgehead atoms. The molecule has 8 heteroatoms. The lowest BCUT2D eigenvalue weighted by atomic mass is 10.2. The highest BCUT2D eigenvalue weighted by atomic mass is 16.6. The monoisotopic (exact) mass is 298 g/mol. The molecule has 0 atom stereocenters. The highest BCUT2D eigenvalue weighted by Crippen LogP contribution is 2.21. The Labute approximate surface area is 123 Å². The zero-order valence-corrected chi connectivity index (χ0v) is 11.1. The third-order valence-corrected chi connectivity index (χ3v) is 3.07. The number of H-pyrrole nitrogens is 1. The summed E-state index contributed by atoms with van der Waals surface area (Å²) in [5, 5.41) is 22.5. The summed E-state index contributed by atoms with van der Waals surface area (Å²) >= 11 is 0. The van der Waals surface area contributed by atoms with Crippen LogP contribution >= 0.6 is 0 Å². The molecule has 0 aliphatic heterocycles. The molecule has 3 rings (SSSR count). The number of anilines is 2. The number of fused-ring (bicyclic) bond motifs is 1. The van der Waals surface area contributed by atoms with Gasteiger partial charge in [0.05, 0.1) is 21.5 Å². The Balaban J connectivity index is 1.87. The van der Waals surface area contributed by atoms with Gasteiger partial charge in [-0.05, 0) is 30.3 Å². The SMILES string of the molecule is O=C(O)c1ccc2nc(Nc3ccc([N+](=O)[O-])cc3)[nH]c2c1. The largest absolute Gasteiger partial charge is 0.478 e. The van der Waals surface area contributed by atoms with E-state index >= 15 is 0 Å². The molecule has 1 heterocycles. The van der Waals surface area contributed by atoms with Gasteiger partial charge in [0.15, 0.2) is 0 Å². The number of hydrogen-bond donors (Lipinski definition) is 3. The maximum Gasteiger partial charge on any atom is 0.335 e. The standard InChI is InChI=1S/C14H10N4O4/c19-13(20)8-1-6-11-12(7-8)17-14(16-11)15-9-2-4-10(5-3-9)18(21)22/h1-7H,(H,19,20)(H2,15,16,17). The van der Waals surface area contributed by atoms with E-state index in [0.29, 0.717) is 22.7 Å². The number of carboxylic acid groups (broad SMARTS) is 1. The van der Waals surface area contributed by atoms with Crippen LogP contribution in [0.4, 0.5) is 17.3 Å². The van der Waals surface area contributed by atoms with Gasteiger partial charge < -0.3 is 15.4 Å². The lowest BCUT2D eigenvalue weighted by molar-refractivity contribution is -0.384. The molecule has 0 amide bonds. The first kappa shape index (κ1) is 13.6. The van der Waals surface area contributed by atoms with Crippen molar-refractivity contribution in [2.75, 3.05) is 5.32 Å². The fourth-order valence-corrected chi connectivity index (χ4v) is 2.01. The quantitative estimate of drug-likeness (QED) is 0.503. The Hall–Kier alpha value is -3.42. The number of aromatic amines is 1. The van der Waals surface area contributed by atoms with Crippen LogP contribution in [0.25, 0.3) is 11.0 Å². The van der Waals surface area contributed by atoms with E-state index in [9.17, 15) is 14.9 Å². The number of aromatic nitrogens is 2. The number of imidazole rings is 1. The second kappa shape index (κ2) is 5.17. The van der Waals surface area contributed by atoms with Crippen molar-refractivity contribution in [1.82, 2.24) is 9.97 Å². The molecular weight excluding hydrogens is 288 g/mol. The van der Waals surface area contributed by atoms with Crippen LogP contribution in [0.1, 0.15) is 10.4 Å². The minimum Gasteiger partial charge on any atom is -0.478 e. The average molecular weight is 298 g/mol. The second-order valence-corrected chi connectivity index (χ2v) is 4.55. The van der Waals surface area contributed by atoms with Gasteiger partial charge in [-0.15, -0.1) is 0 Å². The van der Waals surface area contributed by atoms with Gasteiger partial charge in [0.25, 0.3) is 5.69 Å². The third-order valence-electron chi connectivity index (χ3n) is 3.07. The van der Waals surface area contributed by atoms with Gasteiger partial charge in [-0.1, -0.05) is 0 Å². The fraction of sp³-hybridized carbons (Fsp3) is 0. The van der Waals surface area contributed by atoms with Gasteiger partial charge in [-0.25, -0.2) is 9.78 Å². The Morgan fingerprint density at radius 3 is 2.59 bits per heavy atom. The number of aromatic carboxylic acids is 1. The molecule has 0 fully saturated rings. The molecule has 0 radical (unpaired) electrons. The molecule has 0 saturated carbocycles. The van der Waals surface area contributed by atoms with Gasteiger partial charge in [0.1, 0.15) is 0 Å². The normalized spacial score (nSPS) is 10.5. The van der Waals surface area contributed by atoms with Gasteiger partial charge in [0.2, 0.25) is 5.95 Å². The summed E-state index contributed by atoms with van der Waals surface area (Å²) in [6, 6.07) is 10.5. The van der Waals surface area contributed by atoms with Crippen LogP contribution in [0.15, 0.2) is 42.5 Å². The van der Waals surface area contributed by atoms with Crippen molar-refractivity contribution in [3.63, 3.8) is 0 Å². The van der Waals surface area contributed by atoms with Crippen LogP contribution < -0.4 is 5.32 Å². The summed E-state index contributed by atoms with van der Waals surface area (Å²) in [6.07, 6.45) is 0. The summed E-state index contributed by atoms with van der Waals surface area (Å²) < 4.78 is 0. The van der Waals surface area contributed by atoms with Crippen molar-refractivity contribution in [3.05, 3.63) is 58.1 Å². The van der Waals surface area contributed by atoms with E-state index in [0.717, 1.165) is 0 Å². The summed E-state index contributed by atoms with van der Waals surface area (Å²) in [5.41, 5.74) is 2.00. The fourth-order valence-electron chi connectivity index (χ4n) is 2.01. The van der Waals surface area contributed by atoms with E-state index in [4.69, 9.17) is 5.11 Å². The maximum absolute atomic E-state index is 10.9. The molecule has 0 aliphatic carbocycles. The number of carboxylic acids is 1. The molecule has 1 aromatic heterocycles. The number of nitrogens with one attached hydrogen (secondary N) is 2. The predicted molar refractivity (Wildman–Crippen MR) is 79.4 cm³/mol. The third kappa shape index (κ3) is 2.57. The number of carbonyl (C=O) groups is 1. The minimum absolute atomic E-state index is 0.00116. The maximum atomic E-state index is 10.9. The van der Waals surface area contributed by atoms with E-state index in [2.05, 4.69) is 15.3 Å². The molecule has 22 heavy (non-hydrogen) atoms. The predicted octanol–water partition coefficient (Wildman–Crippen LogP) is 2.91. The first-order chi connectivity index (χ1) is 10.5. The van der Waals surface area contributed by atoms with E-state index in [1.807, 2.05) is 0 Å². The Bertz CT molecular complexity index is 870. The van der Waals surface area contributed by atoms with E-state index in [1.54, 1.807) is 18.2 Å². The molecule has 0 spiro atoms. The van der Waals surface area contributed by atoms with Gasteiger partial charge in [-0.3, -0.25) is 10.1 Å². The molecule has 0 saturated heterocycles. The first-order valence-electron chi connectivity index (χ1n) is 6.27. The van der Waals surface area contributed by atoms with Crippen molar-refractivity contribution in [3.8, 4) is 0 Å². The Kier molecular flexibility index (Phi) is 3.18. The number of benzene rings is 2. The summed E-state index contributed by atoms with van der Waals surface area (Å²) in [7, 11) is 0. The van der Waals surface area contributed by atoms with Crippen LogP contribution in [-0.2, 0) is 0 Å². The molecule has 0 unspecified atom stereocenters. The molecular formula is C14H10N4O4. The lowest BCUT2D eigenvalue weighted by Gasteiger charge is -2.01. The van der Waals surface area contributed by atoms with Gasteiger partial charge in [0, 0.05) is 17.8 Å². The van der Waals surface area contributed by atoms with Crippen molar-refractivity contribution in [2.45, 2.75) is 0 Å². The second-order valence-electron chi connectivity index (χ2n) is 4.55. The zero-order valence-electron chi connectivity index (χ0n) is 11.1. The van der Waals surface area contributed by atoms with Gasteiger partial charge >= 0.3 is 5.97 Å². The zero-order chi connectivity index (χ0) is 15.7. The molecule has 8 nitrogen and oxygen atoms in total. The number of non-ortho nitro benzene ring substituents is 1. The Morgan fingerprint density at radius 2 is 1.95 bits per heavy atom. The number of nitrogens with zero attached hydrogens (tertiary/aromatic N) is 2. The number of hydrogen-bond acceptors (Lipinski definition) is 5. The molecule has 3 aromatic rings. The number of rotatable bonds is 4. The summed E-state index contributed by atoms with van der Waals surface area (Å²) in [5.74, 6) is -0.590. The highest BCUT2D eigenvalue weighted by Gasteiger charge is 2.08. The van der Waals surface area contributed by atoms with Crippen molar-refractivity contribution >= 4 is 34.3 Å². The summed E-state index contributed by atoms with van der Waals surface area (Å²) in [6.45, 7) is 0. The van der Waals surface area contributed by atoms with E-state index in [-0.39, 0.29) is 11.3 Å². The average Bonchev–Trinajstić information content (AvgIpc) is 2.88. The molecule has 110 valence electrons. The smallest absolute Gasteiger partial charge is 0.335 e. The van der Waals surface area contributed by atoms with Crippen LogP contribution in [0.5, 0.6) is 0 Å². The lowest BCUT2D eigenvalue weighted by Crippen LogP contribution is -1.94. The van der Waals surface area contributed by atoms with E-state index < -0.39 is 10.9 Å². The van der Waals surface area contributed by atoms with Crippen LogP contribution in [0.2, 0.25) is 0 Å². The number of nitro groups is 1. The van der Waals surface area contributed by atoms with Crippen molar-refractivity contribution in [2.24, 2.45) is 0 Å². The van der Waals surface area contributed by atoms with Crippen LogP contribution in [0, 0.1) is 10.1 Å². The van der Waals surface area contributed by atoms with Gasteiger partial charge in [-0.2, -0.15) is 0 Å². The minimum atomic E-state index is -1.01. The first-order valence-corrected chi connectivity index (χ1v) is 6.27. The number of nitro benzene ring substituents is 1. The van der Waals surface area contributed by atoms with Crippen LogP contribution in [-0.4, -0.2) is 26.0 Å². The van der Waals surface area contributed by atoms with E-state index in [1.165, 1.54) is 24.3 Å².